The summed E-state index contributed by atoms with van der Waals surface area (Å²) in [6.45, 7) is 71.9. The fourth-order valence-corrected chi connectivity index (χ4v) is 17.8. The lowest BCUT2D eigenvalue weighted by Gasteiger charge is -2.55. The summed E-state index contributed by atoms with van der Waals surface area (Å²) in [6, 6.07) is 7.66. The van der Waals surface area contributed by atoms with E-state index in [4.69, 9.17) is 18.9 Å². The first-order valence-corrected chi connectivity index (χ1v) is 38.1. The summed E-state index contributed by atoms with van der Waals surface area (Å²) in [7, 11) is 4.15. The molecule has 6 rings (SSSR count). The maximum absolute atomic E-state index is 15.2. The van der Waals surface area contributed by atoms with Crippen molar-refractivity contribution < 1.29 is 53.1 Å². The van der Waals surface area contributed by atoms with Gasteiger partial charge in [-0.3, -0.25) is 34.0 Å². The molecular formula is C86H143N5O11. The minimum absolute atomic E-state index is 0.126. The number of aromatic hydroxyl groups is 2. The van der Waals surface area contributed by atoms with Gasteiger partial charge < -0.3 is 34.5 Å². The highest BCUT2D eigenvalue weighted by Gasteiger charge is 2.58. The van der Waals surface area contributed by atoms with E-state index in [9.17, 15) is 24.6 Å². The molecule has 4 fully saturated rings. The molecule has 0 spiro atoms. The number of benzene rings is 2. The van der Waals surface area contributed by atoms with Crippen LogP contribution >= 0.6 is 0 Å². The van der Waals surface area contributed by atoms with E-state index in [1.54, 1.807) is 0 Å². The van der Waals surface area contributed by atoms with Crippen LogP contribution in [0.25, 0.3) is 0 Å². The second kappa shape index (κ2) is 30.5. The quantitative estimate of drug-likeness (QED) is 0.0491. The summed E-state index contributed by atoms with van der Waals surface area (Å²) in [4.78, 5) is 82.4. The van der Waals surface area contributed by atoms with Crippen LogP contribution in [0.2, 0.25) is 0 Å². The molecule has 4 aliphatic rings. The molecule has 0 atom stereocenters. The van der Waals surface area contributed by atoms with E-state index < -0.39 is 63.8 Å². The Kier molecular flexibility index (Phi) is 26.1. The molecule has 4 saturated heterocycles. The molecule has 3 N–H and O–H groups in total. The molecule has 102 heavy (non-hydrogen) atoms. The number of esters is 4. The summed E-state index contributed by atoms with van der Waals surface area (Å²) >= 11 is 0. The number of nitrogens with one attached hydrogen (secondary N) is 1. The number of hydrogen-bond donors (Lipinski definition) is 3. The third-order valence-corrected chi connectivity index (χ3v) is 23.5. The summed E-state index contributed by atoms with van der Waals surface area (Å²) in [5.74, 6) is -2.76. The Labute approximate surface area is 619 Å². The van der Waals surface area contributed by atoms with E-state index in [0.717, 1.165) is 36.2 Å². The lowest BCUT2D eigenvalue weighted by atomic mass is 9.73. The van der Waals surface area contributed by atoms with Crippen molar-refractivity contribution in [3.8, 4) is 11.5 Å². The lowest BCUT2D eigenvalue weighted by Crippen LogP contribution is -2.66. The van der Waals surface area contributed by atoms with E-state index in [0.29, 0.717) is 80.9 Å². The van der Waals surface area contributed by atoms with Crippen molar-refractivity contribution in [2.24, 2.45) is 5.41 Å². The number of likely N-dealkylation sites (tertiary alicyclic amines) is 4. The van der Waals surface area contributed by atoms with Gasteiger partial charge in [0.25, 0.3) is 0 Å². The number of carbonyl (C=O) groups excluding carboxylic acids is 5. The van der Waals surface area contributed by atoms with E-state index in [1.807, 2.05) is 78.0 Å². The van der Waals surface area contributed by atoms with E-state index in [-0.39, 0.29) is 91.7 Å². The number of carbonyl (C=O) groups is 5. The topological polar surface area (TPSA) is 188 Å². The number of rotatable bonds is 20. The van der Waals surface area contributed by atoms with Crippen molar-refractivity contribution in [3.05, 3.63) is 83.0 Å². The van der Waals surface area contributed by atoms with Crippen LogP contribution < -0.4 is 5.32 Å². The summed E-state index contributed by atoms with van der Waals surface area (Å²) < 4.78 is 25.9. The molecule has 1 amide bonds. The highest BCUT2D eigenvalue weighted by molar-refractivity contribution is 6.08. The average molecular weight is 1420 g/mol. The van der Waals surface area contributed by atoms with Crippen LogP contribution in [-0.2, 0) is 77.4 Å². The van der Waals surface area contributed by atoms with Crippen LogP contribution in [0, 0.1) is 5.41 Å². The molecule has 578 valence electrons. The molecule has 0 unspecified atom stereocenters. The predicted octanol–water partition coefficient (Wildman–Crippen LogP) is 17.0. The van der Waals surface area contributed by atoms with Crippen LogP contribution in [0.15, 0.2) is 49.6 Å². The molecule has 16 nitrogen and oxygen atoms in total. The van der Waals surface area contributed by atoms with Gasteiger partial charge in [-0.05, 0) is 193 Å². The van der Waals surface area contributed by atoms with Gasteiger partial charge in [-0.2, -0.15) is 0 Å². The number of ether oxygens (including phenoxy) is 4. The number of hydrogen-bond acceptors (Lipinski definition) is 15. The number of unbranched alkanes of at least 4 members (excludes halogenated alkanes) is 1. The normalized spacial score (nSPS) is 21.6. The molecule has 0 aromatic heterocycles. The van der Waals surface area contributed by atoms with Crippen molar-refractivity contribution in [3.63, 3.8) is 0 Å². The maximum Gasteiger partial charge on any atom is 0.344 e. The van der Waals surface area contributed by atoms with E-state index in [1.165, 1.54) is 6.92 Å². The number of phenols is 2. The Morgan fingerprint density at radius 2 is 0.696 bits per heavy atom. The molecule has 0 saturated carbocycles. The Morgan fingerprint density at radius 3 is 0.931 bits per heavy atom. The minimum atomic E-state index is -2.16. The largest absolute Gasteiger partial charge is 0.507 e. The zero-order chi connectivity index (χ0) is 78.5. The van der Waals surface area contributed by atoms with E-state index >= 15 is 9.59 Å². The first-order chi connectivity index (χ1) is 45.9. The summed E-state index contributed by atoms with van der Waals surface area (Å²) in [5, 5.41) is 25.8. The van der Waals surface area contributed by atoms with Crippen molar-refractivity contribution in [2.45, 2.75) is 387 Å². The van der Waals surface area contributed by atoms with Gasteiger partial charge >= 0.3 is 23.9 Å². The van der Waals surface area contributed by atoms with Gasteiger partial charge in [0, 0.05) is 122 Å². The number of nitrogens with zero attached hydrogens (tertiary/aromatic N) is 4. The third-order valence-electron chi connectivity index (χ3n) is 23.5. The Hall–Kier alpha value is -5.29. The number of amides is 1. The van der Waals surface area contributed by atoms with Crippen molar-refractivity contribution in [2.75, 3.05) is 27.2 Å². The van der Waals surface area contributed by atoms with Gasteiger partial charge in [0.05, 0.1) is 0 Å². The Morgan fingerprint density at radius 1 is 0.451 bits per heavy atom. The fourth-order valence-electron chi connectivity index (χ4n) is 17.8. The van der Waals surface area contributed by atoms with Crippen LogP contribution in [0.3, 0.4) is 0 Å². The Balaban J connectivity index is 0.000000368. The molecule has 0 radical (unpaired) electrons. The second-order valence-electron chi connectivity index (χ2n) is 40.4. The van der Waals surface area contributed by atoms with Gasteiger partial charge in [-0.1, -0.05) is 139 Å². The lowest BCUT2D eigenvalue weighted by molar-refractivity contribution is -0.189. The van der Waals surface area contributed by atoms with Crippen LogP contribution in [0.5, 0.6) is 11.5 Å². The van der Waals surface area contributed by atoms with Crippen LogP contribution in [-0.4, -0.2) is 161 Å². The SMILES string of the molecule is C=CCN1C(C)(C)CC(OC(=O)C(CCCC)(Cc2cc(C(C)(C)C)c(O)c(C(C)(C)C)c2)C(=O)OC2CC(C)(C)N(CC=C)C(C)(C)C2)CC1(C)C.CC(=O)NC(Cc1cc(C(C)(C)C)c(O)c(C(C)(C)C)c1)(C(=O)OC1CC(C)(C)N(C)C(C)(C)C1)C(=O)OC1CC(C)(C)N(C)C(C)(C)C1. The summed E-state index contributed by atoms with van der Waals surface area (Å²) in [5.41, 5.74) is -3.16. The van der Waals surface area contributed by atoms with Gasteiger partial charge in [0.15, 0.2) is 5.41 Å². The second-order valence-corrected chi connectivity index (χ2v) is 40.4. The van der Waals surface area contributed by atoms with Crippen molar-refractivity contribution in [1.29, 1.82) is 0 Å². The van der Waals surface area contributed by atoms with Gasteiger partial charge in [-0.25, -0.2) is 9.59 Å². The molecule has 0 bridgehead atoms. The molecule has 0 aliphatic carbocycles. The highest BCUT2D eigenvalue weighted by Crippen LogP contribution is 2.49. The standard InChI is InChI=1S/C46H76N2O5.C40H67N3O6/c1-18-21-22-46(27-32-25-35(40(4,5)6)37(49)36(26-32)41(7,8)9,38(50)52-33-28-42(10,11)47(23-19-2)43(12,13)29-33)39(51)53-34-30-44(14,15)48(24-20-3)45(16,17)31-34;1-25(44)41-40(32(46)48-27-21-36(8,9)42(16)37(10,11)22-27,33(47)49-28-23-38(12,13)43(17)39(14,15)24-28)20-26-18-29(34(2,3)4)31(45)30(19-26)35(5,6)7/h19-20,25-26,33-34,49H,2-3,18,21-24,27-31H2,1,4-17H3;18-19,27-28,45H,20-24H2,1-17H3,(H,41,44). The first kappa shape index (κ1) is 87.3. The van der Waals surface area contributed by atoms with E-state index in [2.05, 4.69) is 211 Å². The molecule has 4 heterocycles. The monoisotopic (exact) mass is 1420 g/mol. The van der Waals surface area contributed by atoms with Gasteiger partial charge in [0.2, 0.25) is 11.4 Å². The molecule has 4 aliphatic heterocycles. The average Bonchev–Trinajstić information content (AvgIpc) is 0.763. The molecule has 2 aromatic rings. The van der Waals surface area contributed by atoms with Crippen molar-refractivity contribution in [1.82, 2.24) is 24.9 Å². The smallest absolute Gasteiger partial charge is 0.344 e. The predicted molar refractivity (Wildman–Crippen MR) is 415 cm³/mol. The number of phenolic OH excluding ortho intramolecular Hbond substituents is 2. The molecule has 2 aromatic carbocycles. The molecular weight excluding hydrogens is 1280 g/mol. The van der Waals surface area contributed by atoms with Crippen LogP contribution in [0.1, 0.15) is 312 Å². The zero-order valence-corrected chi connectivity index (χ0v) is 70.2. The summed E-state index contributed by atoms with van der Waals surface area (Å²) in [6.07, 6.45) is 8.61. The number of piperidine rings is 4. The zero-order valence-electron chi connectivity index (χ0n) is 70.2. The minimum Gasteiger partial charge on any atom is -0.507 e. The van der Waals surface area contributed by atoms with Gasteiger partial charge in [-0.15, -0.1) is 13.2 Å². The first-order valence-electron chi connectivity index (χ1n) is 38.1. The van der Waals surface area contributed by atoms with Gasteiger partial charge in [0.1, 0.15) is 35.9 Å². The maximum atomic E-state index is 15.2. The highest BCUT2D eigenvalue weighted by atomic mass is 16.6. The fraction of sp³-hybridized carbons (Fsp3) is 0.756. The van der Waals surface area contributed by atoms with Crippen LogP contribution in [0.4, 0.5) is 0 Å². The van der Waals surface area contributed by atoms with Crippen molar-refractivity contribution >= 4 is 29.8 Å². The Bertz CT molecular complexity index is 3090. The molecule has 16 heteroatoms. The third kappa shape index (κ3) is 19.8.